The Morgan fingerprint density at radius 2 is 2.04 bits per heavy atom. The van der Waals surface area contributed by atoms with Gasteiger partial charge in [-0.3, -0.25) is 4.79 Å². The highest BCUT2D eigenvalue weighted by molar-refractivity contribution is 9.10. The van der Waals surface area contributed by atoms with Gasteiger partial charge in [0.2, 0.25) is 0 Å². The molecular weight excluding hydrogens is 420 g/mol. The van der Waals surface area contributed by atoms with Gasteiger partial charge in [0.05, 0.1) is 12.8 Å². The fraction of sp³-hybridized carbons (Fsp3) is 0.263. The second-order valence-corrected chi connectivity index (χ2v) is 6.87. The van der Waals surface area contributed by atoms with Crippen molar-refractivity contribution in [3.05, 3.63) is 57.0 Å². The first kappa shape index (κ1) is 20.3. The van der Waals surface area contributed by atoms with E-state index in [1.807, 2.05) is 32.0 Å². The van der Waals surface area contributed by atoms with Crippen LogP contribution in [0.5, 0.6) is 11.5 Å². The summed E-state index contributed by atoms with van der Waals surface area (Å²) >= 11 is 9.33. The Balaban J connectivity index is 1.99. The van der Waals surface area contributed by atoms with Crippen LogP contribution in [0.4, 0.5) is 0 Å². The lowest BCUT2D eigenvalue weighted by Gasteiger charge is -2.15. The zero-order valence-corrected chi connectivity index (χ0v) is 17.1. The number of rotatable bonds is 7. The van der Waals surface area contributed by atoms with E-state index in [1.54, 1.807) is 25.1 Å². The summed E-state index contributed by atoms with van der Waals surface area (Å²) in [7, 11) is 0. The van der Waals surface area contributed by atoms with Crippen LogP contribution in [0, 0.1) is 6.92 Å². The lowest BCUT2D eigenvalue weighted by atomic mass is 10.2. The van der Waals surface area contributed by atoms with Gasteiger partial charge < -0.3 is 9.47 Å². The highest BCUT2D eigenvalue weighted by atomic mass is 79.9. The third kappa shape index (κ3) is 5.75. The van der Waals surface area contributed by atoms with E-state index >= 15 is 0 Å². The molecule has 1 amide bonds. The first-order chi connectivity index (χ1) is 12.4. The largest absolute Gasteiger partial charge is 0.493 e. The lowest BCUT2D eigenvalue weighted by molar-refractivity contribution is -0.127. The summed E-state index contributed by atoms with van der Waals surface area (Å²) in [4.78, 5) is 12.2. The normalized spacial score (nSPS) is 12.0. The molecule has 26 heavy (non-hydrogen) atoms. The number of benzene rings is 2. The second kappa shape index (κ2) is 9.59. The first-order valence-corrected chi connectivity index (χ1v) is 9.26. The minimum atomic E-state index is -0.708. The quantitative estimate of drug-likeness (QED) is 0.501. The molecule has 0 aliphatic heterocycles. The van der Waals surface area contributed by atoms with Gasteiger partial charge in [0.25, 0.3) is 5.91 Å². The van der Waals surface area contributed by atoms with Crippen LogP contribution < -0.4 is 14.9 Å². The predicted molar refractivity (Wildman–Crippen MR) is 107 cm³/mol. The van der Waals surface area contributed by atoms with Gasteiger partial charge in [-0.25, -0.2) is 5.43 Å². The van der Waals surface area contributed by atoms with Crippen molar-refractivity contribution in [3.8, 4) is 11.5 Å². The van der Waals surface area contributed by atoms with E-state index in [9.17, 15) is 4.79 Å². The summed E-state index contributed by atoms with van der Waals surface area (Å²) < 4.78 is 12.1. The van der Waals surface area contributed by atoms with Gasteiger partial charge >= 0.3 is 0 Å². The standard InChI is InChI=1S/C19H20BrClN2O3/c1-4-25-18-7-5-15(20)10-14(18)11-22-23-19(24)13(3)26-17-8-6-16(21)9-12(17)2/h5-11,13H,4H2,1-3H3,(H,23,24). The minimum absolute atomic E-state index is 0.358. The van der Waals surface area contributed by atoms with Crippen LogP contribution in [0.1, 0.15) is 25.0 Å². The van der Waals surface area contributed by atoms with E-state index in [0.717, 1.165) is 15.6 Å². The fourth-order valence-corrected chi connectivity index (χ4v) is 2.76. The van der Waals surface area contributed by atoms with Gasteiger partial charge in [-0.15, -0.1) is 0 Å². The maximum absolute atomic E-state index is 12.2. The van der Waals surface area contributed by atoms with Gasteiger partial charge in [-0.2, -0.15) is 5.10 Å². The molecular formula is C19H20BrClN2O3. The van der Waals surface area contributed by atoms with Crippen molar-refractivity contribution >= 4 is 39.7 Å². The average Bonchev–Trinajstić information content (AvgIpc) is 2.59. The van der Waals surface area contributed by atoms with E-state index in [1.165, 1.54) is 6.21 Å². The number of nitrogens with one attached hydrogen (secondary N) is 1. The molecule has 0 fully saturated rings. The molecule has 7 heteroatoms. The summed E-state index contributed by atoms with van der Waals surface area (Å²) in [6.45, 7) is 5.97. The van der Waals surface area contributed by atoms with Crippen molar-refractivity contribution in [2.24, 2.45) is 5.10 Å². The van der Waals surface area contributed by atoms with E-state index in [4.69, 9.17) is 21.1 Å². The number of ether oxygens (including phenoxy) is 2. The fourth-order valence-electron chi connectivity index (χ4n) is 2.15. The summed E-state index contributed by atoms with van der Waals surface area (Å²) in [5.74, 6) is 0.935. The van der Waals surface area contributed by atoms with E-state index in [2.05, 4.69) is 26.5 Å². The molecule has 0 bridgehead atoms. The molecule has 0 aliphatic rings. The third-order valence-electron chi connectivity index (χ3n) is 3.46. The summed E-state index contributed by atoms with van der Waals surface area (Å²) in [6, 6.07) is 10.8. The number of hydrogen-bond acceptors (Lipinski definition) is 4. The predicted octanol–water partition coefficient (Wildman–Crippen LogP) is 4.73. The van der Waals surface area contributed by atoms with Crippen molar-refractivity contribution in [1.82, 2.24) is 5.43 Å². The van der Waals surface area contributed by atoms with Crippen molar-refractivity contribution in [2.45, 2.75) is 26.9 Å². The van der Waals surface area contributed by atoms with E-state index in [0.29, 0.717) is 23.1 Å². The monoisotopic (exact) mass is 438 g/mol. The molecule has 1 N–H and O–H groups in total. The Hall–Kier alpha value is -2.05. The van der Waals surface area contributed by atoms with E-state index in [-0.39, 0.29) is 5.91 Å². The molecule has 1 atom stereocenters. The zero-order valence-electron chi connectivity index (χ0n) is 14.8. The smallest absolute Gasteiger partial charge is 0.280 e. The molecule has 0 aromatic heterocycles. The van der Waals surface area contributed by atoms with Crippen LogP contribution in [0.25, 0.3) is 0 Å². The summed E-state index contributed by atoms with van der Waals surface area (Å²) in [6.07, 6.45) is 0.828. The molecule has 5 nitrogen and oxygen atoms in total. The number of carbonyl (C=O) groups is 1. The van der Waals surface area contributed by atoms with Gasteiger partial charge in [0.15, 0.2) is 6.10 Å². The molecule has 0 heterocycles. The highest BCUT2D eigenvalue weighted by Gasteiger charge is 2.15. The lowest BCUT2D eigenvalue weighted by Crippen LogP contribution is -2.33. The third-order valence-corrected chi connectivity index (χ3v) is 4.19. The number of hydrogen-bond donors (Lipinski definition) is 1. The maximum atomic E-state index is 12.2. The van der Waals surface area contributed by atoms with Crippen LogP contribution in [0.2, 0.25) is 5.02 Å². The van der Waals surface area contributed by atoms with Crippen LogP contribution in [0.15, 0.2) is 46.0 Å². The zero-order chi connectivity index (χ0) is 19.1. The maximum Gasteiger partial charge on any atom is 0.280 e. The first-order valence-electron chi connectivity index (χ1n) is 8.08. The Kier molecular flexibility index (Phi) is 7.48. The minimum Gasteiger partial charge on any atom is -0.493 e. The van der Waals surface area contributed by atoms with Gasteiger partial charge in [-0.1, -0.05) is 27.5 Å². The number of amides is 1. The number of halogens is 2. The molecule has 2 aromatic rings. The van der Waals surface area contributed by atoms with Gasteiger partial charge in [-0.05, 0) is 62.7 Å². The van der Waals surface area contributed by atoms with E-state index < -0.39 is 6.10 Å². The Bertz CT molecular complexity index is 811. The molecule has 0 aliphatic carbocycles. The molecule has 0 spiro atoms. The van der Waals surface area contributed by atoms with Crippen molar-refractivity contribution in [2.75, 3.05) is 6.61 Å². The Morgan fingerprint density at radius 3 is 2.73 bits per heavy atom. The van der Waals surface area contributed by atoms with Crippen LogP contribution in [-0.4, -0.2) is 24.8 Å². The summed E-state index contributed by atoms with van der Waals surface area (Å²) in [5.41, 5.74) is 4.09. The van der Waals surface area contributed by atoms with Gasteiger partial charge in [0, 0.05) is 15.1 Å². The summed E-state index contributed by atoms with van der Waals surface area (Å²) in [5, 5.41) is 4.62. The SMILES string of the molecule is CCOc1ccc(Br)cc1C=NNC(=O)C(C)Oc1ccc(Cl)cc1C. The highest BCUT2D eigenvalue weighted by Crippen LogP contribution is 2.23. The molecule has 138 valence electrons. The molecule has 2 aromatic carbocycles. The van der Waals surface area contributed by atoms with Crippen LogP contribution in [-0.2, 0) is 4.79 Å². The second-order valence-electron chi connectivity index (χ2n) is 5.52. The molecule has 2 rings (SSSR count). The van der Waals surface area contributed by atoms with Gasteiger partial charge in [0.1, 0.15) is 11.5 Å². The Morgan fingerprint density at radius 1 is 1.31 bits per heavy atom. The van der Waals surface area contributed by atoms with Crippen LogP contribution in [0.3, 0.4) is 0 Å². The number of carbonyl (C=O) groups excluding carboxylic acids is 1. The van der Waals surface area contributed by atoms with Crippen molar-refractivity contribution in [3.63, 3.8) is 0 Å². The molecule has 0 saturated carbocycles. The Labute approximate surface area is 166 Å². The molecule has 0 saturated heterocycles. The van der Waals surface area contributed by atoms with Crippen molar-refractivity contribution < 1.29 is 14.3 Å². The van der Waals surface area contributed by atoms with Crippen LogP contribution >= 0.6 is 27.5 Å². The number of aryl methyl sites for hydroxylation is 1. The topological polar surface area (TPSA) is 59.9 Å². The van der Waals surface area contributed by atoms with Crippen molar-refractivity contribution in [1.29, 1.82) is 0 Å². The molecule has 0 radical (unpaired) electrons. The number of hydrazone groups is 1. The average molecular weight is 440 g/mol. The molecule has 1 unspecified atom stereocenters. The number of nitrogens with zero attached hydrogens (tertiary/aromatic N) is 1.